The number of anilines is 1. The topological polar surface area (TPSA) is 88.2 Å². The highest BCUT2D eigenvalue weighted by atomic mass is 127. The molecule has 25 heavy (non-hydrogen) atoms. The number of aliphatic imine (C=N–C) groups is 1. The van der Waals surface area contributed by atoms with Crippen molar-refractivity contribution in [1.82, 2.24) is 9.55 Å². The van der Waals surface area contributed by atoms with Crippen LogP contribution in [0.5, 0.6) is 0 Å². The summed E-state index contributed by atoms with van der Waals surface area (Å²) in [5, 5.41) is 3.08. The Labute approximate surface area is 163 Å². The molecule has 0 radical (unpaired) electrons. The Morgan fingerprint density at radius 2 is 2.04 bits per heavy atom. The molecule has 3 rings (SSSR count). The minimum absolute atomic E-state index is 0. The number of fused-ring (bicyclic) bond motifs is 1. The number of hydrogen-bond donors (Lipinski definition) is 3. The zero-order valence-electron chi connectivity index (χ0n) is 14.0. The molecule has 0 fully saturated rings. The van der Waals surface area contributed by atoms with Gasteiger partial charge in [0.25, 0.3) is 0 Å². The molecule has 0 bridgehead atoms. The molecule has 0 spiro atoms. The second-order valence-electron chi connectivity index (χ2n) is 5.54. The largest absolute Gasteiger partial charge is 0.370 e. The molecular weight excluding hydrogens is 429 g/mol. The van der Waals surface area contributed by atoms with Crippen LogP contribution in [0.2, 0.25) is 0 Å². The number of H-pyrrole nitrogens is 1. The lowest BCUT2D eigenvalue weighted by molar-refractivity contribution is 0.703. The fraction of sp³-hybridized carbons (Fsp3) is 0.222. The monoisotopic (exact) mass is 451 g/mol. The van der Waals surface area contributed by atoms with Gasteiger partial charge in [-0.2, -0.15) is 0 Å². The quantitative estimate of drug-likeness (QED) is 0.317. The van der Waals surface area contributed by atoms with Gasteiger partial charge in [-0.15, -0.1) is 24.0 Å². The number of guanidine groups is 1. The highest BCUT2D eigenvalue weighted by Gasteiger charge is 2.05. The van der Waals surface area contributed by atoms with Crippen LogP contribution in [0.4, 0.5) is 5.69 Å². The number of nitrogens with two attached hydrogens (primary N) is 1. The van der Waals surface area contributed by atoms with Gasteiger partial charge in [-0.05, 0) is 36.2 Å². The van der Waals surface area contributed by atoms with E-state index in [-0.39, 0.29) is 29.7 Å². The van der Waals surface area contributed by atoms with Gasteiger partial charge in [-0.25, -0.2) is 4.79 Å². The van der Waals surface area contributed by atoms with E-state index in [4.69, 9.17) is 5.73 Å². The maximum atomic E-state index is 12.0. The van der Waals surface area contributed by atoms with Crippen LogP contribution in [0.3, 0.4) is 0 Å². The molecule has 0 aliphatic rings. The number of imidazole rings is 1. The normalized spacial score (nSPS) is 11.3. The Morgan fingerprint density at radius 1 is 1.24 bits per heavy atom. The molecule has 0 aliphatic carbocycles. The Kier molecular flexibility index (Phi) is 6.63. The minimum Gasteiger partial charge on any atom is -0.370 e. The molecule has 0 aliphatic heterocycles. The van der Waals surface area contributed by atoms with E-state index in [1.807, 2.05) is 42.5 Å². The number of rotatable bonds is 5. The third-order valence-electron chi connectivity index (χ3n) is 3.89. The number of para-hydroxylation sites is 2. The summed E-state index contributed by atoms with van der Waals surface area (Å²) in [6.07, 6.45) is 0.968. The number of nitrogens with zero attached hydrogens (tertiary/aromatic N) is 2. The van der Waals surface area contributed by atoms with E-state index in [0.29, 0.717) is 19.0 Å². The number of halogens is 1. The Balaban J connectivity index is 0.00000225. The smallest absolute Gasteiger partial charge is 0.326 e. The summed E-state index contributed by atoms with van der Waals surface area (Å²) in [6, 6.07) is 15.7. The minimum atomic E-state index is -0.131. The Hall–Kier alpha value is -2.29. The van der Waals surface area contributed by atoms with Crippen LogP contribution in [0.25, 0.3) is 11.0 Å². The molecule has 3 aromatic rings. The zero-order chi connectivity index (χ0) is 16.9. The molecule has 4 N–H and O–H groups in total. The molecule has 0 amide bonds. The second kappa shape index (κ2) is 8.70. The van der Waals surface area contributed by atoms with Gasteiger partial charge in [-0.3, -0.25) is 9.56 Å². The number of nitrogens with one attached hydrogen (secondary N) is 2. The molecule has 132 valence electrons. The Bertz CT molecular complexity index is 928. The van der Waals surface area contributed by atoms with E-state index in [2.05, 4.69) is 28.3 Å². The average molecular weight is 451 g/mol. The summed E-state index contributed by atoms with van der Waals surface area (Å²) in [5.74, 6) is 0.344. The zero-order valence-corrected chi connectivity index (χ0v) is 16.4. The van der Waals surface area contributed by atoms with E-state index in [1.54, 1.807) is 4.57 Å². The number of aromatic amines is 1. The maximum absolute atomic E-state index is 12.0. The summed E-state index contributed by atoms with van der Waals surface area (Å²) in [4.78, 5) is 19.1. The van der Waals surface area contributed by atoms with Gasteiger partial charge in [0.15, 0.2) is 5.96 Å². The number of benzene rings is 2. The van der Waals surface area contributed by atoms with Crippen molar-refractivity contribution in [2.75, 3.05) is 11.9 Å². The maximum Gasteiger partial charge on any atom is 0.326 e. The first-order valence-electron chi connectivity index (χ1n) is 8.01. The lowest BCUT2D eigenvalue weighted by atomic mass is 10.1. The lowest BCUT2D eigenvalue weighted by Gasteiger charge is -2.07. The van der Waals surface area contributed by atoms with Crippen molar-refractivity contribution < 1.29 is 0 Å². The lowest BCUT2D eigenvalue weighted by Crippen LogP contribution is -2.24. The first-order chi connectivity index (χ1) is 11.7. The van der Waals surface area contributed by atoms with Gasteiger partial charge in [-0.1, -0.05) is 31.2 Å². The summed E-state index contributed by atoms with van der Waals surface area (Å²) < 4.78 is 1.67. The van der Waals surface area contributed by atoms with Crippen LogP contribution >= 0.6 is 24.0 Å². The predicted molar refractivity (Wildman–Crippen MR) is 114 cm³/mol. The third kappa shape index (κ3) is 4.62. The first-order valence-corrected chi connectivity index (χ1v) is 8.01. The van der Waals surface area contributed by atoms with Crippen molar-refractivity contribution in [3.8, 4) is 0 Å². The fourth-order valence-electron chi connectivity index (χ4n) is 2.66. The second-order valence-corrected chi connectivity index (χ2v) is 5.54. The van der Waals surface area contributed by atoms with Crippen LogP contribution < -0.4 is 16.7 Å². The highest BCUT2D eigenvalue weighted by molar-refractivity contribution is 14.0. The average Bonchev–Trinajstić information content (AvgIpc) is 2.91. The van der Waals surface area contributed by atoms with E-state index >= 15 is 0 Å². The van der Waals surface area contributed by atoms with Crippen molar-refractivity contribution in [2.45, 2.75) is 19.9 Å². The van der Waals surface area contributed by atoms with E-state index in [0.717, 1.165) is 23.1 Å². The molecule has 7 heteroatoms. The van der Waals surface area contributed by atoms with Crippen molar-refractivity contribution in [2.24, 2.45) is 10.7 Å². The summed E-state index contributed by atoms with van der Waals surface area (Å²) in [6.45, 7) is 3.00. The molecule has 0 atom stereocenters. The van der Waals surface area contributed by atoms with E-state index in [9.17, 15) is 4.79 Å². The van der Waals surface area contributed by atoms with Gasteiger partial charge in [0.2, 0.25) is 0 Å². The van der Waals surface area contributed by atoms with Crippen molar-refractivity contribution in [3.63, 3.8) is 0 Å². The van der Waals surface area contributed by atoms with Crippen LogP contribution in [0.15, 0.2) is 58.3 Å². The predicted octanol–water partition coefficient (Wildman–Crippen LogP) is 2.94. The van der Waals surface area contributed by atoms with E-state index < -0.39 is 0 Å². The molecule has 0 unspecified atom stereocenters. The summed E-state index contributed by atoms with van der Waals surface area (Å²) >= 11 is 0. The third-order valence-corrected chi connectivity index (χ3v) is 3.89. The van der Waals surface area contributed by atoms with Crippen LogP contribution in [-0.4, -0.2) is 22.1 Å². The van der Waals surface area contributed by atoms with Gasteiger partial charge in [0, 0.05) is 12.2 Å². The summed E-state index contributed by atoms with van der Waals surface area (Å²) in [5.41, 5.74) is 9.65. The summed E-state index contributed by atoms with van der Waals surface area (Å²) in [7, 11) is 0. The standard InChI is InChI=1S/C18H21N5O.HI/c1-2-13-6-5-7-14(12-13)21-17(19)20-10-11-23-16-9-4-3-8-15(16)22-18(23)24;/h3-9,12H,2,10-11H2,1H3,(H,22,24)(H3,19,20,21);1H. The molecular formula is C18H22IN5O. The SMILES string of the molecule is CCc1cccc(NC(N)=NCCn2c(=O)[nH]c3ccccc32)c1.I. The van der Waals surface area contributed by atoms with Gasteiger partial charge < -0.3 is 16.0 Å². The number of aromatic nitrogens is 2. The molecule has 0 saturated carbocycles. The van der Waals surface area contributed by atoms with Gasteiger partial charge in [0.05, 0.1) is 17.6 Å². The fourth-order valence-corrected chi connectivity index (χ4v) is 2.66. The van der Waals surface area contributed by atoms with Crippen molar-refractivity contribution in [3.05, 3.63) is 64.6 Å². The van der Waals surface area contributed by atoms with Crippen LogP contribution in [0, 0.1) is 0 Å². The first kappa shape index (κ1) is 19.0. The van der Waals surface area contributed by atoms with Gasteiger partial charge in [0.1, 0.15) is 0 Å². The Morgan fingerprint density at radius 3 is 2.84 bits per heavy atom. The van der Waals surface area contributed by atoms with Crippen molar-refractivity contribution >= 4 is 46.7 Å². The molecule has 2 aromatic carbocycles. The van der Waals surface area contributed by atoms with Crippen LogP contribution in [0.1, 0.15) is 12.5 Å². The number of aryl methyl sites for hydroxylation is 1. The van der Waals surface area contributed by atoms with Crippen LogP contribution in [-0.2, 0) is 13.0 Å². The number of hydrogen-bond acceptors (Lipinski definition) is 2. The molecule has 6 nitrogen and oxygen atoms in total. The van der Waals surface area contributed by atoms with E-state index in [1.165, 1.54) is 5.56 Å². The highest BCUT2D eigenvalue weighted by Crippen LogP contribution is 2.11. The molecule has 1 aromatic heterocycles. The molecule has 1 heterocycles. The van der Waals surface area contributed by atoms with Crippen molar-refractivity contribution in [1.29, 1.82) is 0 Å². The van der Waals surface area contributed by atoms with Gasteiger partial charge >= 0.3 is 5.69 Å². The molecule has 0 saturated heterocycles.